The molecule has 0 aromatic rings. The minimum atomic E-state index is -4.79. The van der Waals surface area contributed by atoms with Gasteiger partial charge in [0.2, 0.25) is 0 Å². The van der Waals surface area contributed by atoms with Crippen LogP contribution in [0.25, 0.3) is 0 Å². The minimum absolute atomic E-state index is 0.0164. The van der Waals surface area contributed by atoms with Gasteiger partial charge in [-0.1, -0.05) is 13.5 Å². The highest BCUT2D eigenvalue weighted by molar-refractivity contribution is 5.94. The molecule has 0 aromatic carbocycles. The molecule has 0 spiro atoms. The van der Waals surface area contributed by atoms with Crippen LogP contribution in [0.1, 0.15) is 20.3 Å². The Morgan fingerprint density at radius 1 is 1.50 bits per heavy atom. The monoisotopic (exact) mass is 208 g/mol. The van der Waals surface area contributed by atoms with E-state index in [1.165, 1.54) is 6.92 Å². The van der Waals surface area contributed by atoms with Gasteiger partial charge in [0.15, 0.2) is 5.78 Å². The first kappa shape index (κ1) is 12.7. The zero-order valence-corrected chi connectivity index (χ0v) is 7.94. The van der Waals surface area contributed by atoms with Gasteiger partial charge in [-0.05, 0) is 19.4 Å². The van der Waals surface area contributed by atoms with Gasteiger partial charge < -0.3 is 4.74 Å². The Bertz CT molecular complexity index is 264. The van der Waals surface area contributed by atoms with Crippen LogP contribution in [-0.2, 0) is 9.53 Å². The third-order valence-corrected chi connectivity index (χ3v) is 1.49. The summed E-state index contributed by atoms with van der Waals surface area (Å²) in [6, 6.07) is 0. The van der Waals surface area contributed by atoms with Crippen molar-refractivity contribution in [2.75, 3.05) is 0 Å². The van der Waals surface area contributed by atoms with E-state index in [9.17, 15) is 18.0 Å². The first-order valence-corrected chi connectivity index (χ1v) is 3.94. The van der Waals surface area contributed by atoms with Gasteiger partial charge in [-0.25, -0.2) is 0 Å². The summed E-state index contributed by atoms with van der Waals surface area (Å²) in [6.45, 7) is 5.91. The lowest BCUT2D eigenvalue weighted by Crippen LogP contribution is -2.15. The van der Waals surface area contributed by atoms with Crippen LogP contribution in [-0.4, -0.2) is 12.1 Å². The molecule has 0 rings (SSSR count). The summed E-state index contributed by atoms with van der Waals surface area (Å²) in [7, 11) is 0. The highest BCUT2D eigenvalue weighted by Crippen LogP contribution is 2.24. The van der Waals surface area contributed by atoms with Crippen LogP contribution in [0.2, 0.25) is 0 Å². The quantitative estimate of drug-likeness (QED) is 0.403. The van der Waals surface area contributed by atoms with E-state index < -0.39 is 17.9 Å². The zero-order chi connectivity index (χ0) is 11.4. The Balaban J connectivity index is 5.00. The number of ketones is 1. The van der Waals surface area contributed by atoms with Gasteiger partial charge in [-0.3, -0.25) is 4.79 Å². The van der Waals surface area contributed by atoms with E-state index >= 15 is 0 Å². The van der Waals surface area contributed by atoms with Crippen molar-refractivity contribution in [2.24, 2.45) is 0 Å². The number of allylic oxidation sites excluding steroid dienone is 2. The fourth-order valence-corrected chi connectivity index (χ4v) is 0.948. The third-order valence-electron chi connectivity index (χ3n) is 1.49. The number of hydrogen-bond donors (Lipinski definition) is 0. The summed E-state index contributed by atoms with van der Waals surface area (Å²) in [4.78, 5) is 10.9. The molecule has 0 bridgehead atoms. The fraction of sp³-hybridized carbons (Fsp3) is 0.444. The van der Waals surface area contributed by atoms with Gasteiger partial charge in [0.05, 0.1) is 0 Å². The first-order chi connectivity index (χ1) is 6.31. The van der Waals surface area contributed by atoms with Crippen LogP contribution in [0.5, 0.6) is 0 Å². The van der Waals surface area contributed by atoms with Crippen LogP contribution in [0.4, 0.5) is 13.2 Å². The Morgan fingerprint density at radius 3 is 2.21 bits per heavy atom. The van der Waals surface area contributed by atoms with Crippen molar-refractivity contribution in [3.05, 3.63) is 24.0 Å². The molecule has 0 radical (unpaired) electrons. The van der Waals surface area contributed by atoms with Crippen molar-refractivity contribution in [2.45, 2.75) is 26.6 Å². The first-order valence-electron chi connectivity index (χ1n) is 3.94. The molecule has 0 saturated heterocycles. The number of carbonyl (C=O) groups excluding carboxylic acids is 1. The second-order valence-electron chi connectivity index (χ2n) is 2.50. The summed E-state index contributed by atoms with van der Waals surface area (Å²) in [5, 5.41) is 0. The summed E-state index contributed by atoms with van der Waals surface area (Å²) in [5.41, 5.74) is -0.0164. The lowest BCUT2D eigenvalue weighted by atomic mass is 10.1. The molecule has 0 saturated carbocycles. The Hall–Kier alpha value is -1.26. The van der Waals surface area contributed by atoms with Crippen molar-refractivity contribution in [1.82, 2.24) is 0 Å². The van der Waals surface area contributed by atoms with Crippen molar-refractivity contribution in [1.29, 1.82) is 0 Å². The van der Waals surface area contributed by atoms with Gasteiger partial charge in [0, 0.05) is 5.57 Å². The van der Waals surface area contributed by atoms with Crippen molar-refractivity contribution in [3.8, 4) is 0 Å². The number of Topliss-reactive ketones (excluding diaryl/α,β-unsaturated/α-hetero) is 1. The summed E-state index contributed by atoms with van der Waals surface area (Å²) in [5.74, 6) is -0.973. The molecule has 0 aliphatic rings. The van der Waals surface area contributed by atoms with Gasteiger partial charge in [-0.15, -0.1) is 13.2 Å². The van der Waals surface area contributed by atoms with E-state index in [1.807, 2.05) is 0 Å². The fourth-order valence-electron chi connectivity index (χ4n) is 0.948. The molecule has 0 unspecified atom stereocenters. The molecule has 0 atom stereocenters. The predicted molar refractivity (Wildman–Crippen MR) is 45.3 cm³/mol. The molecule has 2 nitrogen and oxygen atoms in total. The molecule has 0 heterocycles. The van der Waals surface area contributed by atoms with Crippen molar-refractivity contribution < 1.29 is 22.7 Å². The van der Waals surface area contributed by atoms with E-state index in [0.717, 1.165) is 6.08 Å². The normalized spacial score (nSPS) is 13.2. The van der Waals surface area contributed by atoms with Crippen LogP contribution < -0.4 is 0 Å². The molecular weight excluding hydrogens is 197 g/mol. The van der Waals surface area contributed by atoms with Gasteiger partial charge in [0.25, 0.3) is 0 Å². The summed E-state index contributed by atoms with van der Waals surface area (Å²) in [6.07, 6.45) is -3.74. The number of ether oxygens (including phenoxy) is 1. The maximum absolute atomic E-state index is 11.8. The number of rotatable bonds is 4. The number of hydrogen-bond acceptors (Lipinski definition) is 2. The zero-order valence-electron chi connectivity index (χ0n) is 7.94. The van der Waals surface area contributed by atoms with Crippen LogP contribution >= 0.6 is 0 Å². The third kappa shape index (κ3) is 4.11. The number of carbonyl (C=O) groups is 1. The van der Waals surface area contributed by atoms with Gasteiger partial charge in [0.1, 0.15) is 5.76 Å². The van der Waals surface area contributed by atoms with Crippen molar-refractivity contribution >= 4 is 5.78 Å². The molecule has 0 fully saturated rings. The highest BCUT2D eigenvalue weighted by Gasteiger charge is 2.32. The van der Waals surface area contributed by atoms with Crippen LogP contribution in [0.3, 0.4) is 0 Å². The maximum atomic E-state index is 11.8. The molecule has 0 amide bonds. The van der Waals surface area contributed by atoms with E-state index in [2.05, 4.69) is 11.3 Å². The number of alkyl halides is 3. The molecule has 0 aromatic heterocycles. The van der Waals surface area contributed by atoms with Crippen LogP contribution in [0, 0.1) is 0 Å². The van der Waals surface area contributed by atoms with E-state index in [4.69, 9.17) is 0 Å². The Morgan fingerprint density at radius 2 is 2.00 bits per heavy atom. The molecule has 5 heteroatoms. The second kappa shape index (κ2) is 4.83. The molecule has 0 aliphatic carbocycles. The Kier molecular flexibility index (Phi) is 4.40. The minimum Gasteiger partial charge on any atom is -0.405 e. The average molecular weight is 208 g/mol. The lowest BCUT2D eigenvalue weighted by molar-refractivity contribution is -0.303. The van der Waals surface area contributed by atoms with Crippen LogP contribution in [0.15, 0.2) is 24.0 Å². The molecule has 80 valence electrons. The molecule has 0 N–H and O–H groups in total. The summed E-state index contributed by atoms with van der Waals surface area (Å²) >= 11 is 0. The highest BCUT2D eigenvalue weighted by atomic mass is 19.4. The number of halogens is 3. The Labute approximate surface area is 80.1 Å². The lowest BCUT2D eigenvalue weighted by Gasteiger charge is -2.12. The standard InChI is InChI=1S/C9H11F3O2/c1-4-7(6(3)13)8(5-2)14-9(10,11)12/h5H,2,4H2,1,3H3/b8-7-. The van der Waals surface area contributed by atoms with Gasteiger partial charge in [-0.2, -0.15) is 0 Å². The SMILES string of the molecule is C=C/C(OC(F)(F)F)=C(\CC)C(C)=O. The van der Waals surface area contributed by atoms with Crippen molar-refractivity contribution in [3.63, 3.8) is 0 Å². The molecule has 0 aliphatic heterocycles. The second-order valence-corrected chi connectivity index (χ2v) is 2.50. The predicted octanol–water partition coefficient (Wildman–Crippen LogP) is 2.96. The van der Waals surface area contributed by atoms with E-state index in [1.54, 1.807) is 6.92 Å². The topological polar surface area (TPSA) is 26.3 Å². The average Bonchev–Trinajstić information content (AvgIpc) is 2.00. The summed E-state index contributed by atoms with van der Waals surface area (Å²) < 4.78 is 39.2. The maximum Gasteiger partial charge on any atom is 0.573 e. The van der Waals surface area contributed by atoms with E-state index in [0.29, 0.717) is 0 Å². The molecule has 14 heavy (non-hydrogen) atoms. The van der Waals surface area contributed by atoms with Gasteiger partial charge >= 0.3 is 6.36 Å². The molecular formula is C9H11F3O2. The van der Waals surface area contributed by atoms with E-state index in [-0.39, 0.29) is 12.0 Å². The largest absolute Gasteiger partial charge is 0.573 e. The smallest absolute Gasteiger partial charge is 0.405 e.